The largest absolute Gasteiger partial charge is 0.495 e. The molecule has 1 aromatic rings. The van der Waals surface area contributed by atoms with Gasteiger partial charge in [0.25, 0.3) is 0 Å². The van der Waals surface area contributed by atoms with Crippen molar-refractivity contribution in [3.05, 3.63) is 22.7 Å². The van der Waals surface area contributed by atoms with E-state index in [1.54, 1.807) is 7.11 Å². The van der Waals surface area contributed by atoms with E-state index >= 15 is 0 Å². The molecule has 1 aromatic carbocycles. The summed E-state index contributed by atoms with van der Waals surface area (Å²) in [6, 6.07) is 3.87. The molecule has 2 rings (SSSR count). The Labute approximate surface area is 107 Å². The predicted molar refractivity (Wildman–Crippen MR) is 72.0 cm³/mol. The smallest absolute Gasteiger partial charge is 0.143 e. The minimum absolute atomic E-state index is 0.304. The first-order valence-corrected chi connectivity index (χ1v) is 6.26. The van der Waals surface area contributed by atoms with Crippen LogP contribution in [0.15, 0.2) is 12.1 Å². The molecule has 0 atom stereocenters. The summed E-state index contributed by atoms with van der Waals surface area (Å²) in [5.41, 5.74) is 8.11. The molecular weight excluding hydrogens is 236 g/mol. The average molecular weight is 255 g/mol. The van der Waals surface area contributed by atoms with Crippen LogP contribution >= 0.6 is 11.6 Å². The van der Waals surface area contributed by atoms with Gasteiger partial charge >= 0.3 is 0 Å². The quantitative estimate of drug-likeness (QED) is 0.850. The molecule has 0 radical (unpaired) electrons. The molecule has 0 spiro atoms. The van der Waals surface area contributed by atoms with Crippen molar-refractivity contribution in [3.63, 3.8) is 0 Å². The minimum Gasteiger partial charge on any atom is -0.495 e. The summed E-state index contributed by atoms with van der Waals surface area (Å²) >= 11 is 6.07. The molecule has 3 N–H and O–H groups in total. The minimum atomic E-state index is 0.304. The van der Waals surface area contributed by atoms with Crippen LogP contribution in [0, 0.1) is 12.3 Å². The predicted octanol–water partition coefficient (Wildman–Crippen LogP) is 2.81. The van der Waals surface area contributed by atoms with Crippen molar-refractivity contribution in [2.75, 3.05) is 25.5 Å². The number of halogens is 1. The van der Waals surface area contributed by atoms with E-state index in [0.717, 1.165) is 35.1 Å². The molecule has 94 valence electrons. The lowest BCUT2D eigenvalue weighted by Crippen LogP contribution is -2.24. The van der Waals surface area contributed by atoms with Crippen molar-refractivity contribution in [3.8, 4) is 5.75 Å². The van der Waals surface area contributed by atoms with Gasteiger partial charge in [0, 0.05) is 17.6 Å². The van der Waals surface area contributed by atoms with E-state index in [9.17, 15) is 0 Å². The highest BCUT2D eigenvalue weighted by molar-refractivity contribution is 6.31. The number of hydrogen-bond acceptors (Lipinski definition) is 3. The summed E-state index contributed by atoms with van der Waals surface area (Å²) in [6.45, 7) is 3.64. The number of ether oxygens (including phenoxy) is 1. The van der Waals surface area contributed by atoms with Gasteiger partial charge in [0.2, 0.25) is 0 Å². The van der Waals surface area contributed by atoms with Crippen molar-refractivity contribution < 1.29 is 4.74 Å². The zero-order valence-electron chi connectivity index (χ0n) is 10.3. The van der Waals surface area contributed by atoms with Crippen LogP contribution in [0.4, 0.5) is 5.69 Å². The fourth-order valence-electron chi connectivity index (χ4n) is 1.88. The third-order valence-electron chi connectivity index (χ3n) is 3.52. The Morgan fingerprint density at radius 2 is 2.18 bits per heavy atom. The maximum absolute atomic E-state index is 6.07. The monoisotopic (exact) mass is 254 g/mol. The van der Waals surface area contributed by atoms with Gasteiger partial charge in [0.15, 0.2) is 0 Å². The lowest BCUT2D eigenvalue weighted by Gasteiger charge is -2.17. The van der Waals surface area contributed by atoms with Crippen molar-refractivity contribution in [2.45, 2.75) is 19.8 Å². The van der Waals surface area contributed by atoms with Crippen LogP contribution < -0.4 is 15.8 Å². The fourth-order valence-corrected chi connectivity index (χ4v) is 2.04. The van der Waals surface area contributed by atoms with E-state index in [1.807, 2.05) is 19.1 Å². The number of benzene rings is 1. The highest BCUT2D eigenvalue weighted by Gasteiger charge is 2.40. The molecule has 4 heteroatoms. The van der Waals surface area contributed by atoms with Crippen LogP contribution in [0.2, 0.25) is 5.02 Å². The van der Waals surface area contributed by atoms with Crippen LogP contribution in [0.5, 0.6) is 5.75 Å². The molecule has 1 saturated carbocycles. The van der Waals surface area contributed by atoms with Gasteiger partial charge in [-0.05, 0) is 43.4 Å². The zero-order valence-corrected chi connectivity index (χ0v) is 11.1. The van der Waals surface area contributed by atoms with Crippen molar-refractivity contribution in [2.24, 2.45) is 11.1 Å². The first-order chi connectivity index (χ1) is 8.10. The standard InChI is InChI=1S/C13H19ClN2O/c1-9-5-11(12(17-2)6-10(9)14)16-8-13(7-15)3-4-13/h5-6,16H,3-4,7-8,15H2,1-2H3. The first-order valence-electron chi connectivity index (χ1n) is 5.88. The van der Waals surface area contributed by atoms with Gasteiger partial charge in [-0.15, -0.1) is 0 Å². The van der Waals surface area contributed by atoms with Crippen LogP contribution in [0.25, 0.3) is 0 Å². The van der Waals surface area contributed by atoms with Crippen molar-refractivity contribution in [1.82, 2.24) is 0 Å². The second-order valence-electron chi connectivity index (χ2n) is 4.86. The Kier molecular flexibility index (Phi) is 3.50. The van der Waals surface area contributed by atoms with Crippen molar-refractivity contribution in [1.29, 1.82) is 0 Å². The molecule has 0 aliphatic heterocycles. The molecule has 0 unspecified atom stereocenters. The van der Waals surface area contributed by atoms with Crippen LogP contribution in [0.1, 0.15) is 18.4 Å². The molecule has 17 heavy (non-hydrogen) atoms. The number of methoxy groups -OCH3 is 1. The van der Waals surface area contributed by atoms with Crippen molar-refractivity contribution >= 4 is 17.3 Å². The normalized spacial score (nSPS) is 16.7. The number of nitrogens with one attached hydrogen (secondary N) is 1. The average Bonchev–Trinajstić information content (AvgIpc) is 3.11. The molecule has 0 bridgehead atoms. The molecular formula is C13H19ClN2O. The second-order valence-corrected chi connectivity index (χ2v) is 5.27. The third-order valence-corrected chi connectivity index (χ3v) is 3.93. The van der Waals surface area contributed by atoms with E-state index in [-0.39, 0.29) is 0 Å². The number of hydrogen-bond donors (Lipinski definition) is 2. The highest BCUT2D eigenvalue weighted by Crippen LogP contribution is 2.45. The van der Waals surface area contributed by atoms with Gasteiger partial charge in [0.05, 0.1) is 12.8 Å². The van der Waals surface area contributed by atoms with Crippen LogP contribution in [-0.2, 0) is 0 Å². The Bertz CT molecular complexity index is 416. The molecule has 1 aliphatic rings. The summed E-state index contributed by atoms with van der Waals surface area (Å²) in [5, 5.41) is 4.15. The molecule has 0 heterocycles. The molecule has 1 aliphatic carbocycles. The van der Waals surface area contributed by atoms with Gasteiger partial charge in [-0.3, -0.25) is 0 Å². The summed E-state index contributed by atoms with van der Waals surface area (Å²) in [4.78, 5) is 0. The maximum Gasteiger partial charge on any atom is 0.143 e. The molecule has 1 fully saturated rings. The number of rotatable bonds is 5. The summed E-state index contributed by atoms with van der Waals surface area (Å²) in [6.07, 6.45) is 2.43. The second kappa shape index (κ2) is 4.75. The Hall–Kier alpha value is -0.930. The fraction of sp³-hybridized carbons (Fsp3) is 0.538. The Morgan fingerprint density at radius 1 is 1.47 bits per heavy atom. The highest BCUT2D eigenvalue weighted by atomic mass is 35.5. The number of anilines is 1. The van der Waals surface area contributed by atoms with Gasteiger partial charge in [-0.2, -0.15) is 0 Å². The van der Waals surface area contributed by atoms with Gasteiger partial charge in [-0.1, -0.05) is 11.6 Å². The lowest BCUT2D eigenvalue weighted by atomic mass is 10.1. The molecule has 0 amide bonds. The van der Waals surface area contributed by atoms with Gasteiger partial charge in [0.1, 0.15) is 5.75 Å². The Balaban J connectivity index is 2.11. The lowest BCUT2D eigenvalue weighted by molar-refractivity contribution is 0.415. The van der Waals surface area contributed by atoms with Crippen LogP contribution in [0.3, 0.4) is 0 Å². The van der Waals surface area contributed by atoms with Crippen LogP contribution in [-0.4, -0.2) is 20.2 Å². The van der Waals surface area contributed by atoms with E-state index in [1.165, 1.54) is 12.8 Å². The SMILES string of the molecule is COc1cc(Cl)c(C)cc1NCC1(CN)CC1. The number of aryl methyl sites for hydroxylation is 1. The van der Waals surface area contributed by atoms with E-state index in [4.69, 9.17) is 22.1 Å². The topological polar surface area (TPSA) is 47.3 Å². The summed E-state index contributed by atoms with van der Waals surface area (Å²) in [7, 11) is 1.65. The Morgan fingerprint density at radius 3 is 2.71 bits per heavy atom. The molecule has 0 aromatic heterocycles. The first kappa shape index (κ1) is 12.5. The van der Waals surface area contributed by atoms with E-state index < -0.39 is 0 Å². The summed E-state index contributed by atoms with van der Waals surface area (Å²) < 4.78 is 5.32. The molecule has 0 saturated heterocycles. The van der Waals surface area contributed by atoms with Gasteiger partial charge in [-0.25, -0.2) is 0 Å². The van der Waals surface area contributed by atoms with E-state index in [0.29, 0.717) is 5.41 Å². The zero-order chi connectivity index (χ0) is 12.5. The molecule has 3 nitrogen and oxygen atoms in total. The number of nitrogens with two attached hydrogens (primary N) is 1. The maximum atomic E-state index is 6.07. The summed E-state index contributed by atoms with van der Waals surface area (Å²) in [5.74, 6) is 0.786. The third kappa shape index (κ3) is 2.67. The van der Waals surface area contributed by atoms with E-state index in [2.05, 4.69) is 5.32 Å². The van der Waals surface area contributed by atoms with Gasteiger partial charge < -0.3 is 15.8 Å².